The summed E-state index contributed by atoms with van der Waals surface area (Å²) in [5, 5.41) is 9.24. The largest absolute Gasteiger partial charge is 0.348 e. The first-order chi connectivity index (χ1) is 12.7. The smallest absolute Gasteiger partial charge is 0.253 e. The highest BCUT2D eigenvalue weighted by Crippen LogP contribution is 2.19. The number of nitrogens with zero attached hydrogens (tertiary/aromatic N) is 2. The Morgan fingerprint density at radius 3 is 2.50 bits per heavy atom. The van der Waals surface area contributed by atoms with Crippen LogP contribution in [-0.4, -0.2) is 15.7 Å². The number of rotatable bonds is 4. The Hall–Kier alpha value is -3.11. The molecule has 0 bridgehead atoms. The van der Waals surface area contributed by atoms with Crippen LogP contribution in [0.15, 0.2) is 79.0 Å². The highest BCUT2D eigenvalue weighted by atomic mass is 35.5. The van der Waals surface area contributed by atoms with Crippen molar-refractivity contribution >= 4 is 28.4 Å². The Labute approximate surface area is 156 Å². The topological polar surface area (TPSA) is 46.9 Å². The summed E-state index contributed by atoms with van der Waals surface area (Å²) in [6.07, 6.45) is 1.93. The van der Waals surface area contributed by atoms with Gasteiger partial charge in [-0.15, -0.1) is 0 Å². The van der Waals surface area contributed by atoms with Crippen LogP contribution in [0.2, 0.25) is 5.02 Å². The van der Waals surface area contributed by atoms with Crippen molar-refractivity contribution in [2.75, 3.05) is 0 Å². The number of halogens is 1. The lowest BCUT2D eigenvalue weighted by Gasteiger charge is -2.10. The van der Waals surface area contributed by atoms with Crippen molar-refractivity contribution < 1.29 is 4.79 Å². The summed E-state index contributed by atoms with van der Waals surface area (Å²) in [4.78, 5) is 12.7. The molecule has 0 radical (unpaired) electrons. The van der Waals surface area contributed by atoms with Crippen molar-refractivity contribution in [3.63, 3.8) is 0 Å². The third-order valence-electron chi connectivity index (χ3n) is 4.18. The second-order valence-electron chi connectivity index (χ2n) is 5.96. The molecule has 0 atom stereocenters. The van der Waals surface area contributed by atoms with Gasteiger partial charge in [0.2, 0.25) is 0 Å². The number of carbonyl (C=O) groups is 1. The summed E-state index contributed by atoms with van der Waals surface area (Å²) >= 11 is 5.90. The van der Waals surface area contributed by atoms with Crippen molar-refractivity contribution in [3.05, 3.63) is 95.1 Å². The lowest BCUT2D eigenvalue weighted by atomic mass is 10.1. The standard InChI is InChI=1S/C21H16ClN3O/c22-17-11-9-15(10-12-17)13-23-21(26)18-6-2-4-8-20(18)25-14-16-5-1-3-7-19(16)24-25/h1-12,14H,13H2,(H,23,26). The summed E-state index contributed by atoms with van der Waals surface area (Å²) in [5.74, 6) is -0.143. The fourth-order valence-corrected chi connectivity index (χ4v) is 2.96. The number of hydrogen-bond acceptors (Lipinski definition) is 2. The molecule has 128 valence electrons. The molecule has 1 heterocycles. The molecule has 4 rings (SSSR count). The molecule has 1 aromatic heterocycles. The van der Waals surface area contributed by atoms with Crippen LogP contribution in [0.3, 0.4) is 0 Å². The van der Waals surface area contributed by atoms with Gasteiger partial charge >= 0.3 is 0 Å². The zero-order valence-corrected chi connectivity index (χ0v) is 14.6. The number of carbonyl (C=O) groups excluding carboxylic acids is 1. The van der Waals surface area contributed by atoms with Crippen molar-refractivity contribution in [2.24, 2.45) is 0 Å². The van der Waals surface area contributed by atoms with Gasteiger partial charge in [-0.1, -0.05) is 54.1 Å². The van der Waals surface area contributed by atoms with Crippen LogP contribution in [0.5, 0.6) is 0 Å². The highest BCUT2D eigenvalue weighted by Gasteiger charge is 2.13. The van der Waals surface area contributed by atoms with E-state index >= 15 is 0 Å². The van der Waals surface area contributed by atoms with Crippen molar-refractivity contribution in [2.45, 2.75) is 6.54 Å². The quantitative estimate of drug-likeness (QED) is 0.577. The summed E-state index contributed by atoms with van der Waals surface area (Å²) in [6, 6.07) is 22.7. The maximum atomic E-state index is 12.7. The maximum Gasteiger partial charge on any atom is 0.253 e. The van der Waals surface area contributed by atoms with Crippen LogP contribution < -0.4 is 5.32 Å². The van der Waals surface area contributed by atoms with Crippen molar-refractivity contribution in [1.82, 2.24) is 15.1 Å². The van der Waals surface area contributed by atoms with Crippen LogP contribution >= 0.6 is 11.6 Å². The van der Waals surface area contributed by atoms with E-state index in [1.165, 1.54) is 0 Å². The van der Waals surface area contributed by atoms with Crippen LogP contribution in [0.25, 0.3) is 16.6 Å². The van der Waals surface area contributed by atoms with Gasteiger partial charge in [-0.25, -0.2) is 4.68 Å². The van der Waals surface area contributed by atoms with Gasteiger partial charge in [0.25, 0.3) is 5.91 Å². The molecule has 1 amide bonds. The number of amides is 1. The zero-order valence-electron chi connectivity index (χ0n) is 13.9. The van der Waals surface area contributed by atoms with Crippen LogP contribution in [0.1, 0.15) is 15.9 Å². The Kier molecular flexibility index (Phi) is 4.42. The minimum Gasteiger partial charge on any atom is -0.348 e. The lowest BCUT2D eigenvalue weighted by Crippen LogP contribution is -2.24. The molecule has 0 unspecified atom stereocenters. The van der Waals surface area contributed by atoms with Gasteiger partial charge in [0.1, 0.15) is 0 Å². The Bertz CT molecular complexity index is 1040. The number of fused-ring (bicyclic) bond motifs is 1. The minimum absolute atomic E-state index is 0.143. The van der Waals surface area contributed by atoms with E-state index in [0.717, 1.165) is 22.2 Å². The van der Waals surface area contributed by atoms with Crippen molar-refractivity contribution in [3.8, 4) is 5.69 Å². The maximum absolute atomic E-state index is 12.7. The molecule has 3 aromatic carbocycles. The molecule has 4 aromatic rings. The predicted octanol–water partition coefficient (Wildman–Crippen LogP) is 4.61. The van der Waals surface area contributed by atoms with E-state index in [1.807, 2.05) is 72.9 Å². The molecule has 0 spiro atoms. The third-order valence-corrected chi connectivity index (χ3v) is 4.43. The lowest BCUT2D eigenvalue weighted by molar-refractivity contribution is 0.0951. The monoisotopic (exact) mass is 361 g/mol. The van der Waals surface area contributed by atoms with Gasteiger partial charge in [-0.3, -0.25) is 4.79 Å². The number of aromatic nitrogens is 2. The summed E-state index contributed by atoms with van der Waals surface area (Å²) in [7, 11) is 0. The normalized spacial score (nSPS) is 10.8. The molecule has 4 nitrogen and oxygen atoms in total. The Morgan fingerprint density at radius 2 is 1.69 bits per heavy atom. The molecule has 0 aliphatic rings. The summed E-state index contributed by atoms with van der Waals surface area (Å²) < 4.78 is 1.75. The fourth-order valence-electron chi connectivity index (χ4n) is 2.83. The van der Waals surface area contributed by atoms with Gasteiger partial charge in [0.05, 0.1) is 16.8 Å². The Morgan fingerprint density at radius 1 is 0.962 bits per heavy atom. The van der Waals surface area contributed by atoms with E-state index in [4.69, 9.17) is 11.6 Å². The molecule has 1 N–H and O–H groups in total. The van der Waals surface area contributed by atoms with E-state index in [-0.39, 0.29) is 5.91 Å². The SMILES string of the molecule is O=C(NCc1ccc(Cl)cc1)c1ccccc1-n1cc2ccccc2n1. The van der Waals surface area contributed by atoms with Crippen LogP contribution in [0.4, 0.5) is 0 Å². The number of nitrogens with one attached hydrogen (secondary N) is 1. The molecule has 0 saturated carbocycles. The molecule has 5 heteroatoms. The second-order valence-corrected chi connectivity index (χ2v) is 6.40. The highest BCUT2D eigenvalue weighted by molar-refractivity contribution is 6.30. The number of hydrogen-bond donors (Lipinski definition) is 1. The van der Waals surface area contributed by atoms with Gasteiger partial charge in [0, 0.05) is 23.2 Å². The molecule has 0 fully saturated rings. The van der Waals surface area contributed by atoms with E-state index < -0.39 is 0 Å². The second kappa shape index (κ2) is 7.02. The zero-order chi connectivity index (χ0) is 17.9. The summed E-state index contributed by atoms with van der Waals surface area (Å²) in [6.45, 7) is 0.436. The first-order valence-electron chi connectivity index (χ1n) is 8.27. The van der Waals surface area contributed by atoms with E-state index in [9.17, 15) is 4.79 Å². The van der Waals surface area contributed by atoms with Gasteiger partial charge < -0.3 is 5.32 Å². The number of benzene rings is 3. The first kappa shape index (κ1) is 16.4. The molecular formula is C21H16ClN3O. The van der Waals surface area contributed by atoms with E-state index in [2.05, 4.69) is 10.4 Å². The molecule has 0 aliphatic carbocycles. The van der Waals surface area contributed by atoms with Gasteiger partial charge in [0.15, 0.2) is 0 Å². The van der Waals surface area contributed by atoms with E-state index in [0.29, 0.717) is 17.1 Å². The third kappa shape index (κ3) is 3.32. The molecule has 26 heavy (non-hydrogen) atoms. The molecule has 0 aliphatic heterocycles. The van der Waals surface area contributed by atoms with Crippen molar-refractivity contribution in [1.29, 1.82) is 0 Å². The first-order valence-corrected chi connectivity index (χ1v) is 8.65. The Balaban J connectivity index is 1.60. The molecular weight excluding hydrogens is 346 g/mol. The minimum atomic E-state index is -0.143. The predicted molar refractivity (Wildman–Crippen MR) is 104 cm³/mol. The van der Waals surface area contributed by atoms with Gasteiger partial charge in [-0.2, -0.15) is 5.10 Å². The van der Waals surface area contributed by atoms with E-state index in [1.54, 1.807) is 10.7 Å². The number of para-hydroxylation sites is 1. The van der Waals surface area contributed by atoms with Crippen LogP contribution in [0, 0.1) is 0 Å². The van der Waals surface area contributed by atoms with Gasteiger partial charge in [-0.05, 0) is 35.9 Å². The summed E-state index contributed by atoms with van der Waals surface area (Å²) in [5.41, 5.74) is 3.21. The fraction of sp³-hybridized carbons (Fsp3) is 0.0476. The average molecular weight is 362 g/mol. The van der Waals surface area contributed by atoms with Crippen LogP contribution in [-0.2, 0) is 6.54 Å². The average Bonchev–Trinajstić information content (AvgIpc) is 3.11. The molecule has 0 saturated heterocycles.